The number of rotatable bonds is 8. The molecule has 0 spiro atoms. The van der Waals surface area contributed by atoms with E-state index in [0.29, 0.717) is 17.5 Å². The SMILES string of the molecule is COC(=O)NC(C(=O)N1C2CCCCC2C[C@H]1c1ncc(-c2ccc(C3=C4C=CC(C)(CCc5ccc(cc5-c5cnc([C@@H]6CC7CCCC8C(C)=C(NC(=O)OC)C(=O)N6C78)[nH]5)CC4)C3C)cc2)[nH]1)=C(C)C. The molecule has 4 amide bonds. The number of H-pyrrole nitrogens is 2. The van der Waals surface area contributed by atoms with Crippen molar-refractivity contribution >= 4 is 29.6 Å². The minimum absolute atomic E-state index is 0.0867. The molecular weight excluding hydrogens is 917 g/mol. The van der Waals surface area contributed by atoms with Crippen LogP contribution in [-0.4, -0.2) is 80.0 Å². The lowest BCUT2D eigenvalue weighted by molar-refractivity contribution is -0.134. The van der Waals surface area contributed by atoms with E-state index in [0.717, 1.165) is 123 Å². The first kappa shape index (κ1) is 48.6. The van der Waals surface area contributed by atoms with Gasteiger partial charge in [0.1, 0.15) is 23.0 Å². The van der Waals surface area contributed by atoms with Crippen LogP contribution in [0.2, 0.25) is 0 Å². The van der Waals surface area contributed by atoms with Gasteiger partial charge in [-0.05, 0) is 159 Å². The number of carbonyl (C=O) groups is 4. The highest BCUT2D eigenvalue weighted by Crippen LogP contribution is 2.54. The van der Waals surface area contributed by atoms with Crippen molar-refractivity contribution in [1.29, 1.82) is 0 Å². The summed E-state index contributed by atoms with van der Waals surface area (Å²) in [7, 11) is 2.63. The molecular formula is C59H70N8O6. The standard InChI is InChI=1S/C59H70N8O6/c1-32(2)50(64-57(70)72-6)55(68)66-46-14-9-8-11-40(46)28-47(66)53-60-30-44(62-53)37-19-21-38(22-20-37)49-34(4)59(5)25-23-36-17-15-35(16-18-39(49)24-26-59)27-43(36)45-31-61-54(63-45)48-29-41-12-10-13-42-33(3)51(65-58(71)73-7)56(69)67(48)52(41)42/h15,17,19-22,24,26-27,30-31,34,40-42,46-48,52H,8-14,16,18,23,25,28-29H2,1-7H3,(H,60,62)(H,61,63)(H,64,70)(H,65,71)/t34?,40?,41?,42?,46?,47-,48-,52?,59?/m0/s1. The third kappa shape index (κ3) is 8.61. The molecule has 14 heteroatoms. The van der Waals surface area contributed by atoms with Crippen molar-refractivity contribution in [2.75, 3.05) is 14.2 Å². The Balaban J connectivity index is 0.839. The smallest absolute Gasteiger partial charge is 0.411 e. The first-order valence-corrected chi connectivity index (χ1v) is 26.7. The summed E-state index contributed by atoms with van der Waals surface area (Å²) >= 11 is 0. The zero-order valence-electron chi connectivity index (χ0n) is 43.4. The van der Waals surface area contributed by atoms with Crippen molar-refractivity contribution in [3.8, 4) is 22.5 Å². The first-order chi connectivity index (χ1) is 35.2. The number of aryl methyl sites for hydroxylation is 2. The number of hydrogen-bond donors (Lipinski definition) is 4. The topological polar surface area (TPSA) is 175 Å². The van der Waals surface area contributed by atoms with Gasteiger partial charge < -0.3 is 29.2 Å². The first-order valence-electron chi connectivity index (χ1n) is 26.7. The van der Waals surface area contributed by atoms with Crippen LogP contribution in [0.15, 0.2) is 95.1 Å². The summed E-state index contributed by atoms with van der Waals surface area (Å²) in [6, 6.07) is 15.6. The predicted molar refractivity (Wildman–Crippen MR) is 279 cm³/mol. The molecule has 14 rings (SSSR count). The maximum absolute atomic E-state index is 14.3. The van der Waals surface area contributed by atoms with Crippen LogP contribution in [0, 0.1) is 29.1 Å². The molecule has 7 aliphatic carbocycles. The summed E-state index contributed by atoms with van der Waals surface area (Å²) in [4.78, 5) is 74.7. The number of amides is 4. The fraction of sp³-hybridized carbons (Fsp3) is 0.492. The van der Waals surface area contributed by atoms with Gasteiger partial charge in [0.05, 0.1) is 50.1 Å². The number of carbonyl (C=O) groups excluding carboxylic acids is 4. The van der Waals surface area contributed by atoms with Gasteiger partial charge in [0, 0.05) is 23.6 Å². The number of aromatic nitrogens is 4. The summed E-state index contributed by atoms with van der Waals surface area (Å²) < 4.78 is 9.81. The van der Waals surface area contributed by atoms with Crippen LogP contribution in [0.3, 0.4) is 0 Å². The molecule has 73 heavy (non-hydrogen) atoms. The monoisotopic (exact) mass is 987 g/mol. The maximum atomic E-state index is 14.3. The number of methoxy groups -OCH3 is 2. The highest BCUT2D eigenvalue weighted by molar-refractivity contribution is 5.99. The zero-order valence-corrected chi connectivity index (χ0v) is 43.4. The summed E-state index contributed by atoms with van der Waals surface area (Å²) in [5, 5.41) is 5.48. The van der Waals surface area contributed by atoms with Gasteiger partial charge >= 0.3 is 12.2 Å². The Morgan fingerprint density at radius 1 is 0.808 bits per heavy atom. The molecule has 2 saturated carbocycles. The molecule has 4 N–H and O–H groups in total. The van der Waals surface area contributed by atoms with Crippen LogP contribution in [-0.2, 0) is 31.9 Å². The number of imidazole rings is 2. The Bertz CT molecular complexity index is 2990. The van der Waals surface area contributed by atoms with Gasteiger partial charge in [0.25, 0.3) is 11.8 Å². The van der Waals surface area contributed by atoms with Gasteiger partial charge in [-0.15, -0.1) is 0 Å². The van der Waals surface area contributed by atoms with E-state index in [9.17, 15) is 19.2 Å². The third-order valence-electron chi connectivity index (χ3n) is 18.3. The highest BCUT2D eigenvalue weighted by Gasteiger charge is 2.54. The maximum Gasteiger partial charge on any atom is 0.411 e. The lowest BCUT2D eigenvalue weighted by Gasteiger charge is -2.44. The van der Waals surface area contributed by atoms with Crippen LogP contribution in [0.1, 0.15) is 146 Å². The minimum Gasteiger partial charge on any atom is -0.453 e. The Morgan fingerprint density at radius 3 is 2.27 bits per heavy atom. The normalized spacial score (nSPS) is 28.3. The van der Waals surface area contributed by atoms with E-state index in [1.54, 1.807) is 0 Å². The summed E-state index contributed by atoms with van der Waals surface area (Å²) in [5.41, 5.74) is 12.8. The molecule has 3 aliphatic heterocycles. The summed E-state index contributed by atoms with van der Waals surface area (Å²) in [6.07, 6.45) is 20.1. The molecule has 5 heterocycles. The number of benzene rings is 2. The van der Waals surface area contributed by atoms with Crippen LogP contribution < -0.4 is 10.6 Å². The number of hydrogen-bond acceptors (Lipinski definition) is 8. The third-order valence-corrected chi connectivity index (χ3v) is 18.3. The van der Waals surface area contributed by atoms with E-state index in [2.05, 4.69) is 89.1 Å². The number of allylic oxidation sites excluding steroid dienone is 5. The van der Waals surface area contributed by atoms with E-state index in [1.807, 2.05) is 43.0 Å². The van der Waals surface area contributed by atoms with Crippen LogP contribution in [0.25, 0.3) is 28.1 Å². The van der Waals surface area contributed by atoms with Crippen molar-refractivity contribution in [1.82, 2.24) is 40.4 Å². The van der Waals surface area contributed by atoms with Crippen LogP contribution in [0.5, 0.6) is 0 Å². The van der Waals surface area contributed by atoms with Gasteiger partial charge in [-0.2, -0.15) is 0 Å². The molecule has 7 unspecified atom stereocenters. The lowest BCUT2D eigenvalue weighted by Crippen LogP contribution is -2.53. The van der Waals surface area contributed by atoms with E-state index in [-0.39, 0.29) is 58.9 Å². The number of fused-ring (bicyclic) bond motifs is 1. The molecule has 4 aromatic rings. The van der Waals surface area contributed by atoms with Crippen molar-refractivity contribution in [2.24, 2.45) is 29.1 Å². The van der Waals surface area contributed by atoms with Crippen molar-refractivity contribution in [3.63, 3.8) is 0 Å². The van der Waals surface area contributed by atoms with Crippen molar-refractivity contribution in [2.45, 2.75) is 142 Å². The highest BCUT2D eigenvalue weighted by atomic mass is 16.5. The molecule has 10 aliphatic rings. The average molecular weight is 987 g/mol. The largest absolute Gasteiger partial charge is 0.453 e. The quantitative estimate of drug-likeness (QED) is 0.126. The number of alkyl carbamates (subject to hydrolysis) is 2. The number of aromatic amines is 2. The Hall–Kier alpha value is -6.70. The molecule has 0 radical (unpaired) electrons. The lowest BCUT2D eigenvalue weighted by atomic mass is 9.64. The Morgan fingerprint density at radius 2 is 1.51 bits per heavy atom. The van der Waals surface area contributed by atoms with E-state index in [1.165, 1.54) is 47.6 Å². The van der Waals surface area contributed by atoms with E-state index < -0.39 is 12.2 Å². The number of ether oxygens (including phenoxy) is 2. The molecule has 2 aromatic heterocycles. The average Bonchev–Trinajstić information content (AvgIpc) is 4.23. The Kier molecular flexibility index (Phi) is 12.8. The number of nitrogens with one attached hydrogen (secondary N) is 4. The van der Waals surface area contributed by atoms with Gasteiger partial charge in [-0.25, -0.2) is 19.6 Å². The summed E-state index contributed by atoms with van der Waals surface area (Å²) in [5.74, 6) is 2.45. The van der Waals surface area contributed by atoms with Crippen LogP contribution >= 0.6 is 0 Å². The van der Waals surface area contributed by atoms with Gasteiger partial charge in [-0.3, -0.25) is 20.2 Å². The fourth-order valence-electron chi connectivity index (χ4n) is 14.2. The van der Waals surface area contributed by atoms with E-state index in [4.69, 9.17) is 19.4 Å². The Labute approximate surface area is 428 Å². The van der Waals surface area contributed by atoms with Gasteiger partial charge in [-0.1, -0.05) is 81.7 Å². The second kappa shape index (κ2) is 19.3. The van der Waals surface area contributed by atoms with E-state index >= 15 is 0 Å². The fourth-order valence-corrected chi connectivity index (χ4v) is 14.2. The minimum atomic E-state index is -0.654. The second-order valence-corrected chi connectivity index (χ2v) is 22.4. The molecule has 4 bridgehead atoms. The van der Waals surface area contributed by atoms with Crippen LogP contribution in [0.4, 0.5) is 9.59 Å². The summed E-state index contributed by atoms with van der Waals surface area (Å²) in [6.45, 7) is 10.5. The zero-order chi connectivity index (χ0) is 50.9. The second-order valence-electron chi connectivity index (χ2n) is 22.4. The number of likely N-dealkylation sites (tertiary alicyclic amines) is 1. The number of nitrogens with zero attached hydrogens (tertiary/aromatic N) is 4. The van der Waals surface area contributed by atoms with Gasteiger partial charge in [0.15, 0.2) is 0 Å². The molecule has 9 atom stereocenters. The molecule has 382 valence electrons. The van der Waals surface area contributed by atoms with Crippen molar-refractivity contribution < 1.29 is 28.7 Å². The molecule has 2 aromatic carbocycles. The predicted octanol–water partition coefficient (Wildman–Crippen LogP) is 11.2. The molecule has 14 nitrogen and oxygen atoms in total. The molecule has 2 saturated heterocycles. The molecule has 4 fully saturated rings. The van der Waals surface area contributed by atoms with Gasteiger partial charge in [0.2, 0.25) is 0 Å². The van der Waals surface area contributed by atoms with Crippen molar-refractivity contribution in [3.05, 3.63) is 123 Å².